The number of benzene rings is 2. The fourth-order valence-electron chi connectivity index (χ4n) is 2.82. The van der Waals surface area contributed by atoms with Gasteiger partial charge in [-0.05, 0) is 36.2 Å². The number of para-hydroxylation sites is 1. The molecule has 0 spiro atoms. The van der Waals surface area contributed by atoms with Crippen LogP contribution in [-0.2, 0) is 20.7 Å². The zero-order chi connectivity index (χ0) is 21.3. The molecule has 1 aromatic heterocycles. The van der Waals surface area contributed by atoms with E-state index in [9.17, 15) is 14.4 Å². The van der Waals surface area contributed by atoms with Gasteiger partial charge in [0, 0.05) is 12.1 Å². The normalized spacial score (nSPS) is 11.4. The number of aryl methyl sites for hydroxylation is 1. The van der Waals surface area contributed by atoms with Gasteiger partial charge >= 0.3 is 5.97 Å². The third-order valence-corrected chi connectivity index (χ3v) is 4.38. The lowest BCUT2D eigenvalue weighted by Crippen LogP contribution is -2.44. The maximum absolute atomic E-state index is 12.6. The standard InChI is InChI=1S/C23H22N2O5/c1-16-8-5-6-11-18(16)24-21(26)15-30-23(28)19(14-17-9-3-2-4-10-17)25-22(27)20-12-7-13-29-20/h2-13,19H,14-15H2,1H3,(H,24,26)(H,25,27)/t19-/m0/s1. The summed E-state index contributed by atoms with van der Waals surface area (Å²) in [6.07, 6.45) is 1.58. The van der Waals surface area contributed by atoms with Crippen molar-refractivity contribution in [1.29, 1.82) is 0 Å². The molecule has 1 atom stereocenters. The van der Waals surface area contributed by atoms with Crippen molar-refractivity contribution in [1.82, 2.24) is 5.32 Å². The molecule has 30 heavy (non-hydrogen) atoms. The van der Waals surface area contributed by atoms with E-state index >= 15 is 0 Å². The maximum Gasteiger partial charge on any atom is 0.329 e. The van der Waals surface area contributed by atoms with Gasteiger partial charge in [0.25, 0.3) is 11.8 Å². The minimum absolute atomic E-state index is 0.0816. The van der Waals surface area contributed by atoms with Gasteiger partial charge in [0.05, 0.1) is 6.26 Å². The Hall–Kier alpha value is -3.87. The van der Waals surface area contributed by atoms with Gasteiger partial charge in [-0.2, -0.15) is 0 Å². The molecule has 0 unspecified atom stereocenters. The predicted octanol–water partition coefficient (Wildman–Crippen LogP) is 3.11. The van der Waals surface area contributed by atoms with Crippen molar-refractivity contribution in [2.75, 3.05) is 11.9 Å². The SMILES string of the molecule is Cc1ccccc1NC(=O)COC(=O)[C@H](Cc1ccccc1)NC(=O)c1ccco1. The Morgan fingerprint density at radius 3 is 2.40 bits per heavy atom. The lowest BCUT2D eigenvalue weighted by Gasteiger charge is -2.17. The molecule has 0 radical (unpaired) electrons. The quantitative estimate of drug-likeness (QED) is 0.560. The van der Waals surface area contributed by atoms with Crippen LogP contribution in [0.3, 0.4) is 0 Å². The molecule has 0 saturated heterocycles. The summed E-state index contributed by atoms with van der Waals surface area (Å²) in [4.78, 5) is 37.1. The number of furan rings is 1. The third-order valence-electron chi connectivity index (χ3n) is 4.38. The number of rotatable bonds is 8. The van der Waals surface area contributed by atoms with Crippen LogP contribution < -0.4 is 10.6 Å². The van der Waals surface area contributed by atoms with Crippen LogP contribution in [0.1, 0.15) is 21.7 Å². The minimum Gasteiger partial charge on any atom is -0.459 e. The largest absolute Gasteiger partial charge is 0.459 e. The molecule has 3 rings (SSSR count). The van der Waals surface area contributed by atoms with Crippen molar-refractivity contribution in [2.45, 2.75) is 19.4 Å². The highest BCUT2D eigenvalue weighted by molar-refractivity contribution is 5.96. The Morgan fingerprint density at radius 1 is 0.967 bits per heavy atom. The van der Waals surface area contributed by atoms with Gasteiger partial charge in [-0.1, -0.05) is 48.5 Å². The summed E-state index contributed by atoms with van der Waals surface area (Å²) in [6.45, 7) is 1.40. The summed E-state index contributed by atoms with van der Waals surface area (Å²) < 4.78 is 10.2. The molecular weight excluding hydrogens is 384 g/mol. The van der Waals surface area contributed by atoms with Gasteiger partial charge in [-0.15, -0.1) is 0 Å². The van der Waals surface area contributed by atoms with E-state index in [1.54, 1.807) is 18.2 Å². The molecule has 0 fully saturated rings. The van der Waals surface area contributed by atoms with E-state index in [-0.39, 0.29) is 12.2 Å². The summed E-state index contributed by atoms with van der Waals surface area (Å²) >= 11 is 0. The zero-order valence-electron chi connectivity index (χ0n) is 16.5. The van der Waals surface area contributed by atoms with E-state index < -0.39 is 30.4 Å². The molecule has 0 bridgehead atoms. The number of nitrogens with one attached hydrogen (secondary N) is 2. The first-order valence-electron chi connectivity index (χ1n) is 9.43. The molecule has 154 valence electrons. The summed E-state index contributed by atoms with van der Waals surface area (Å²) in [5, 5.41) is 5.31. The van der Waals surface area contributed by atoms with E-state index in [0.29, 0.717) is 5.69 Å². The summed E-state index contributed by atoms with van der Waals surface area (Å²) in [7, 11) is 0. The monoisotopic (exact) mass is 406 g/mol. The summed E-state index contributed by atoms with van der Waals surface area (Å²) in [5.74, 6) is -1.63. The molecule has 0 aliphatic carbocycles. The Morgan fingerprint density at radius 2 is 1.70 bits per heavy atom. The second kappa shape index (κ2) is 10.1. The first-order chi connectivity index (χ1) is 14.5. The lowest BCUT2D eigenvalue weighted by atomic mass is 10.1. The molecule has 2 aromatic carbocycles. The van der Waals surface area contributed by atoms with E-state index in [1.807, 2.05) is 49.4 Å². The average Bonchev–Trinajstić information content (AvgIpc) is 3.29. The van der Waals surface area contributed by atoms with E-state index in [1.165, 1.54) is 12.3 Å². The molecule has 3 aromatic rings. The molecular formula is C23H22N2O5. The van der Waals surface area contributed by atoms with Crippen LogP contribution in [-0.4, -0.2) is 30.4 Å². The Bertz CT molecular complexity index is 999. The molecule has 7 heteroatoms. The third kappa shape index (κ3) is 5.81. The second-order valence-electron chi connectivity index (χ2n) is 6.66. The predicted molar refractivity (Wildman–Crippen MR) is 111 cm³/mol. The number of anilines is 1. The lowest BCUT2D eigenvalue weighted by molar-refractivity contribution is -0.149. The second-order valence-corrected chi connectivity index (χ2v) is 6.66. The van der Waals surface area contributed by atoms with Crippen molar-refractivity contribution >= 4 is 23.5 Å². The highest BCUT2D eigenvalue weighted by atomic mass is 16.5. The fourth-order valence-corrected chi connectivity index (χ4v) is 2.82. The number of carbonyl (C=O) groups excluding carboxylic acids is 3. The number of ether oxygens (including phenoxy) is 1. The smallest absolute Gasteiger partial charge is 0.329 e. The molecule has 2 amide bonds. The van der Waals surface area contributed by atoms with Crippen molar-refractivity contribution in [3.63, 3.8) is 0 Å². The van der Waals surface area contributed by atoms with E-state index in [0.717, 1.165) is 11.1 Å². The highest BCUT2D eigenvalue weighted by Crippen LogP contribution is 2.13. The summed E-state index contributed by atoms with van der Waals surface area (Å²) in [6, 6.07) is 18.6. The van der Waals surface area contributed by atoms with Gasteiger partial charge in [0.2, 0.25) is 0 Å². The van der Waals surface area contributed by atoms with Gasteiger partial charge in [-0.3, -0.25) is 9.59 Å². The van der Waals surface area contributed by atoms with Gasteiger partial charge in [-0.25, -0.2) is 4.79 Å². The van der Waals surface area contributed by atoms with Crippen LogP contribution >= 0.6 is 0 Å². The molecule has 0 aliphatic heterocycles. The fraction of sp³-hybridized carbons (Fsp3) is 0.174. The minimum atomic E-state index is -0.976. The van der Waals surface area contributed by atoms with Crippen LogP contribution in [0.15, 0.2) is 77.4 Å². The van der Waals surface area contributed by atoms with Crippen molar-refractivity contribution in [3.8, 4) is 0 Å². The van der Waals surface area contributed by atoms with Crippen molar-refractivity contribution in [2.24, 2.45) is 0 Å². The van der Waals surface area contributed by atoms with Crippen LogP contribution in [0, 0.1) is 6.92 Å². The number of amides is 2. The molecule has 0 saturated carbocycles. The van der Waals surface area contributed by atoms with Crippen LogP contribution in [0.25, 0.3) is 0 Å². The molecule has 0 aliphatic rings. The Labute approximate surface area is 174 Å². The molecule has 2 N–H and O–H groups in total. The van der Waals surface area contributed by atoms with E-state index in [2.05, 4.69) is 10.6 Å². The average molecular weight is 406 g/mol. The zero-order valence-corrected chi connectivity index (χ0v) is 16.5. The highest BCUT2D eigenvalue weighted by Gasteiger charge is 2.25. The molecule has 1 heterocycles. The Kier molecular flexibility index (Phi) is 7.00. The van der Waals surface area contributed by atoms with Crippen LogP contribution in [0.4, 0.5) is 5.69 Å². The van der Waals surface area contributed by atoms with Crippen molar-refractivity contribution < 1.29 is 23.5 Å². The Balaban J connectivity index is 1.62. The van der Waals surface area contributed by atoms with Gasteiger partial charge in [0.1, 0.15) is 6.04 Å². The summed E-state index contributed by atoms with van der Waals surface area (Å²) in [5.41, 5.74) is 2.37. The van der Waals surface area contributed by atoms with Crippen LogP contribution in [0.2, 0.25) is 0 Å². The topological polar surface area (TPSA) is 97.6 Å². The number of hydrogen-bond donors (Lipinski definition) is 2. The first kappa shape index (κ1) is 20.9. The van der Waals surface area contributed by atoms with Crippen molar-refractivity contribution in [3.05, 3.63) is 89.9 Å². The molecule has 7 nitrogen and oxygen atoms in total. The van der Waals surface area contributed by atoms with Crippen LogP contribution in [0.5, 0.6) is 0 Å². The number of carbonyl (C=O) groups is 3. The van der Waals surface area contributed by atoms with Gasteiger partial charge < -0.3 is 19.8 Å². The van der Waals surface area contributed by atoms with E-state index in [4.69, 9.17) is 9.15 Å². The first-order valence-corrected chi connectivity index (χ1v) is 9.43. The maximum atomic E-state index is 12.6. The van der Waals surface area contributed by atoms with Gasteiger partial charge in [0.15, 0.2) is 12.4 Å². The number of esters is 1. The number of hydrogen-bond acceptors (Lipinski definition) is 5.